The van der Waals surface area contributed by atoms with Crippen LogP contribution in [0.1, 0.15) is 6.92 Å². The fraction of sp³-hybridized carbons (Fsp3) is 0.222. The summed E-state index contributed by atoms with van der Waals surface area (Å²) in [5.74, 6) is 0.799. The van der Waals surface area contributed by atoms with Gasteiger partial charge in [-0.1, -0.05) is 28.1 Å². The van der Waals surface area contributed by atoms with Crippen molar-refractivity contribution in [2.75, 3.05) is 12.4 Å². The number of anilines is 1. The summed E-state index contributed by atoms with van der Waals surface area (Å²) in [4.78, 5) is 0.736. The average Bonchev–Trinajstić information content (AvgIpc) is 2.01. The number of nitrogens with one attached hydrogen (secondary N) is 1. The van der Waals surface area contributed by atoms with Gasteiger partial charge in [0.1, 0.15) is 5.75 Å². The van der Waals surface area contributed by atoms with E-state index < -0.39 is 0 Å². The molecule has 0 heterocycles. The summed E-state index contributed by atoms with van der Waals surface area (Å²) in [5, 5.41) is 3.04. The molecule has 1 aromatic rings. The van der Waals surface area contributed by atoms with Crippen LogP contribution >= 0.6 is 28.1 Å². The molecule has 70 valence electrons. The van der Waals surface area contributed by atoms with E-state index in [9.17, 15) is 0 Å². The molecule has 1 N–H and O–H groups in total. The van der Waals surface area contributed by atoms with Crippen LogP contribution in [0.5, 0.6) is 5.75 Å². The molecule has 13 heavy (non-hydrogen) atoms. The minimum Gasteiger partial charge on any atom is -0.497 e. The van der Waals surface area contributed by atoms with Crippen molar-refractivity contribution in [1.82, 2.24) is 0 Å². The first-order chi connectivity index (χ1) is 6.11. The van der Waals surface area contributed by atoms with Crippen molar-refractivity contribution in [2.45, 2.75) is 6.92 Å². The molecule has 2 nitrogen and oxygen atoms in total. The maximum atomic E-state index is 5.10. The first-order valence-electron chi connectivity index (χ1n) is 3.74. The summed E-state index contributed by atoms with van der Waals surface area (Å²) in [6, 6.07) is 5.72. The maximum Gasteiger partial charge on any atom is 0.122 e. The van der Waals surface area contributed by atoms with Gasteiger partial charge in [0.2, 0.25) is 0 Å². The van der Waals surface area contributed by atoms with E-state index in [0.29, 0.717) is 0 Å². The number of thiocarbonyl (C=S) groups is 1. The lowest BCUT2D eigenvalue weighted by atomic mass is 10.3. The molecule has 0 fully saturated rings. The Labute approximate surface area is 91.4 Å². The number of hydrogen-bond donors (Lipinski definition) is 1. The molecule has 0 aliphatic rings. The zero-order valence-corrected chi connectivity index (χ0v) is 9.83. The van der Waals surface area contributed by atoms with Crippen molar-refractivity contribution in [3.8, 4) is 5.75 Å². The quantitative estimate of drug-likeness (QED) is 0.825. The van der Waals surface area contributed by atoms with E-state index >= 15 is 0 Å². The van der Waals surface area contributed by atoms with Crippen LogP contribution in [0.25, 0.3) is 0 Å². The Kier molecular flexibility index (Phi) is 3.69. The van der Waals surface area contributed by atoms with E-state index in [1.807, 2.05) is 25.1 Å². The third-order valence-electron chi connectivity index (χ3n) is 1.43. The zero-order chi connectivity index (χ0) is 9.84. The Bertz CT molecular complexity index is 327. The van der Waals surface area contributed by atoms with Crippen LogP contribution in [0.15, 0.2) is 22.7 Å². The Morgan fingerprint density at radius 2 is 2.15 bits per heavy atom. The molecular formula is C9H10BrNOS. The van der Waals surface area contributed by atoms with Crippen molar-refractivity contribution < 1.29 is 4.74 Å². The fourth-order valence-corrected chi connectivity index (χ4v) is 1.55. The van der Waals surface area contributed by atoms with Gasteiger partial charge in [-0.2, -0.15) is 0 Å². The van der Waals surface area contributed by atoms with Gasteiger partial charge < -0.3 is 10.1 Å². The number of rotatable bonds is 2. The predicted octanol–water partition coefficient (Wildman–Crippen LogP) is 3.22. The van der Waals surface area contributed by atoms with Gasteiger partial charge in [-0.15, -0.1) is 0 Å². The summed E-state index contributed by atoms with van der Waals surface area (Å²) in [5.41, 5.74) is 0.929. The van der Waals surface area contributed by atoms with Crippen LogP contribution in [0.4, 0.5) is 5.69 Å². The maximum absolute atomic E-state index is 5.10. The molecule has 0 spiro atoms. The van der Waals surface area contributed by atoms with E-state index in [1.54, 1.807) is 7.11 Å². The lowest BCUT2D eigenvalue weighted by Crippen LogP contribution is -2.03. The van der Waals surface area contributed by atoms with Crippen LogP contribution in [-0.4, -0.2) is 12.1 Å². The molecule has 0 aliphatic carbocycles. The molecule has 0 saturated heterocycles. The first kappa shape index (κ1) is 10.5. The molecule has 0 atom stereocenters. The normalized spacial score (nSPS) is 9.46. The van der Waals surface area contributed by atoms with Gasteiger partial charge in [-0.05, 0) is 19.1 Å². The molecule has 0 radical (unpaired) electrons. The van der Waals surface area contributed by atoms with Gasteiger partial charge in [-0.3, -0.25) is 0 Å². The second kappa shape index (κ2) is 4.58. The minimum absolute atomic E-state index is 0.736. The molecule has 0 unspecified atom stereocenters. The summed E-state index contributed by atoms with van der Waals surface area (Å²) in [6.07, 6.45) is 0. The summed E-state index contributed by atoms with van der Waals surface area (Å²) in [7, 11) is 1.63. The Morgan fingerprint density at radius 1 is 1.46 bits per heavy atom. The van der Waals surface area contributed by atoms with Crippen LogP contribution in [-0.2, 0) is 0 Å². The molecule has 1 rings (SSSR count). The minimum atomic E-state index is 0.736. The van der Waals surface area contributed by atoms with E-state index in [2.05, 4.69) is 21.2 Å². The number of ether oxygens (including phenoxy) is 1. The molecule has 0 aromatic heterocycles. The standard InChI is InChI=1S/C9H10BrNOS/c1-6(13)11-8-3-7(10)4-9(5-8)12-2/h3-5H,1-2H3,(H,11,13). The molecule has 0 amide bonds. The van der Waals surface area contributed by atoms with Crippen molar-refractivity contribution in [1.29, 1.82) is 0 Å². The van der Waals surface area contributed by atoms with Gasteiger partial charge in [0.15, 0.2) is 0 Å². The van der Waals surface area contributed by atoms with Crippen molar-refractivity contribution in [3.05, 3.63) is 22.7 Å². The van der Waals surface area contributed by atoms with Crippen LogP contribution in [0.3, 0.4) is 0 Å². The second-order valence-electron chi connectivity index (χ2n) is 2.56. The van der Waals surface area contributed by atoms with E-state index in [1.165, 1.54) is 0 Å². The number of halogens is 1. The highest BCUT2D eigenvalue weighted by atomic mass is 79.9. The molecule has 4 heteroatoms. The van der Waals surface area contributed by atoms with Crippen LogP contribution in [0, 0.1) is 0 Å². The molecular weight excluding hydrogens is 250 g/mol. The lowest BCUT2D eigenvalue weighted by molar-refractivity contribution is 0.415. The smallest absolute Gasteiger partial charge is 0.122 e. The third-order valence-corrected chi connectivity index (χ3v) is 1.99. The highest BCUT2D eigenvalue weighted by Crippen LogP contribution is 2.24. The number of benzene rings is 1. The number of methoxy groups -OCH3 is 1. The van der Waals surface area contributed by atoms with Gasteiger partial charge in [0.05, 0.1) is 12.1 Å². The molecule has 1 aromatic carbocycles. The Morgan fingerprint density at radius 3 is 2.69 bits per heavy atom. The SMILES string of the molecule is COc1cc(Br)cc(NC(C)=S)c1. The van der Waals surface area contributed by atoms with E-state index in [-0.39, 0.29) is 0 Å². The number of hydrogen-bond acceptors (Lipinski definition) is 2. The molecule has 0 saturated carbocycles. The van der Waals surface area contributed by atoms with E-state index in [0.717, 1.165) is 20.9 Å². The lowest BCUT2D eigenvalue weighted by Gasteiger charge is -2.07. The largest absolute Gasteiger partial charge is 0.497 e. The topological polar surface area (TPSA) is 21.3 Å². The van der Waals surface area contributed by atoms with Gasteiger partial charge in [0, 0.05) is 16.2 Å². The first-order valence-corrected chi connectivity index (χ1v) is 4.94. The van der Waals surface area contributed by atoms with Crippen molar-refractivity contribution in [3.63, 3.8) is 0 Å². The van der Waals surface area contributed by atoms with Crippen LogP contribution in [0.2, 0.25) is 0 Å². The summed E-state index contributed by atoms with van der Waals surface area (Å²) >= 11 is 8.31. The highest BCUT2D eigenvalue weighted by molar-refractivity contribution is 9.10. The average molecular weight is 260 g/mol. The van der Waals surface area contributed by atoms with E-state index in [4.69, 9.17) is 17.0 Å². The highest BCUT2D eigenvalue weighted by Gasteiger charge is 1.98. The predicted molar refractivity (Wildman–Crippen MR) is 62.6 cm³/mol. The summed E-state index contributed by atoms with van der Waals surface area (Å²) in [6.45, 7) is 1.84. The zero-order valence-electron chi connectivity index (χ0n) is 7.43. The monoisotopic (exact) mass is 259 g/mol. The Balaban J connectivity index is 2.94. The van der Waals surface area contributed by atoms with Gasteiger partial charge >= 0.3 is 0 Å². The third kappa shape index (κ3) is 3.32. The van der Waals surface area contributed by atoms with Gasteiger partial charge in [0.25, 0.3) is 0 Å². The Hall–Kier alpha value is -0.610. The molecule has 0 aliphatic heterocycles. The second-order valence-corrected chi connectivity index (χ2v) is 4.09. The summed E-state index contributed by atoms with van der Waals surface area (Å²) < 4.78 is 6.07. The van der Waals surface area contributed by atoms with Gasteiger partial charge in [-0.25, -0.2) is 0 Å². The van der Waals surface area contributed by atoms with Crippen LogP contribution < -0.4 is 10.1 Å². The van der Waals surface area contributed by atoms with Crippen molar-refractivity contribution in [2.24, 2.45) is 0 Å². The van der Waals surface area contributed by atoms with Crippen molar-refractivity contribution >= 4 is 38.8 Å². The molecule has 0 bridgehead atoms. The fourth-order valence-electron chi connectivity index (χ4n) is 0.956.